The molecule has 7 heteroatoms. The van der Waals surface area contributed by atoms with E-state index in [0.717, 1.165) is 26.3 Å². The van der Waals surface area contributed by atoms with Crippen LogP contribution in [0, 0.1) is 0 Å². The van der Waals surface area contributed by atoms with Crippen LogP contribution in [0.3, 0.4) is 0 Å². The van der Waals surface area contributed by atoms with Gasteiger partial charge in [0, 0.05) is 7.05 Å². The van der Waals surface area contributed by atoms with E-state index in [0.29, 0.717) is 0 Å². The first-order valence-corrected chi connectivity index (χ1v) is 9.20. The largest absolute Gasteiger partial charge is 0.497 e. The van der Waals surface area contributed by atoms with E-state index in [4.69, 9.17) is 4.74 Å². The molecular formula is C16H18N4OS2. The second-order valence-electron chi connectivity index (χ2n) is 5.09. The molecule has 5 nitrogen and oxygen atoms in total. The number of methoxy groups -OCH3 is 1. The van der Waals surface area contributed by atoms with Crippen LogP contribution < -0.4 is 9.64 Å². The van der Waals surface area contributed by atoms with Crippen molar-refractivity contribution in [1.82, 2.24) is 15.0 Å². The molecule has 0 saturated carbocycles. The summed E-state index contributed by atoms with van der Waals surface area (Å²) in [5.41, 5.74) is 1.97. The number of benzene rings is 1. The Morgan fingerprint density at radius 1 is 1.22 bits per heavy atom. The number of thiazole rings is 1. The third-order valence-electron chi connectivity index (χ3n) is 3.84. The van der Waals surface area contributed by atoms with Gasteiger partial charge in [0.15, 0.2) is 15.8 Å². The van der Waals surface area contributed by atoms with Gasteiger partial charge in [-0.1, -0.05) is 23.9 Å². The molecule has 0 aliphatic carbocycles. The summed E-state index contributed by atoms with van der Waals surface area (Å²) in [6.07, 6.45) is 3.60. The number of anilines is 1. The van der Waals surface area contributed by atoms with Gasteiger partial charge >= 0.3 is 0 Å². The van der Waals surface area contributed by atoms with Gasteiger partial charge < -0.3 is 9.64 Å². The van der Waals surface area contributed by atoms with Crippen molar-refractivity contribution in [3.05, 3.63) is 36.2 Å². The van der Waals surface area contributed by atoms with Crippen LogP contribution >= 0.6 is 23.1 Å². The molecule has 3 rings (SSSR count). The molecule has 1 aromatic carbocycles. The molecule has 2 aromatic heterocycles. The van der Waals surface area contributed by atoms with Crippen molar-refractivity contribution >= 4 is 39.3 Å². The SMILES string of the molecule is COc1ccc(C(C)N(C)c2ncnc3nc(SC)sc23)cc1. The third kappa shape index (κ3) is 3.11. The summed E-state index contributed by atoms with van der Waals surface area (Å²) in [6, 6.07) is 8.30. The quantitative estimate of drug-likeness (QED) is 0.651. The Balaban J connectivity index is 1.95. The summed E-state index contributed by atoms with van der Waals surface area (Å²) in [7, 11) is 3.73. The summed E-state index contributed by atoms with van der Waals surface area (Å²) in [4.78, 5) is 15.4. The molecule has 0 amide bonds. The summed E-state index contributed by atoms with van der Waals surface area (Å²) < 4.78 is 7.26. The first-order valence-electron chi connectivity index (χ1n) is 7.16. The van der Waals surface area contributed by atoms with E-state index in [9.17, 15) is 0 Å². The fourth-order valence-electron chi connectivity index (χ4n) is 2.35. The average molecular weight is 346 g/mol. The first kappa shape index (κ1) is 16.0. The molecule has 0 saturated heterocycles. The summed E-state index contributed by atoms with van der Waals surface area (Å²) >= 11 is 3.27. The van der Waals surface area contributed by atoms with E-state index in [1.165, 1.54) is 5.56 Å². The van der Waals surface area contributed by atoms with E-state index >= 15 is 0 Å². The minimum absolute atomic E-state index is 0.179. The first-order chi connectivity index (χ1) is 11.1. The van der Waals surface area contributed by atoms with Gasteiger partial charge in [0.1, 0.15) is 16.8 Å². The molecule has 0 N–H and O–H groups in total. The van der Waals surface area contributed by atoms with Crippen molar-refractivity contribution in [2.24, 2.45) is 0 Å². The van der Waals surface area contributed by atoms with Crippen LogP contribution in [0.15, 0.2) is 34.9 Å². The van der Waals surface area contributed by atoms with E-state index < -0.39 is 0 Å². The van der Waals surface area contributed by atoms with Gasteiger partial charge in [-0.2, -0.15) is 0 Å². The lowest BCUT2D eigenvalue weighted by molar-refractivity contribution is 0.414. The molecule has 0 aliphatic heterocycles. The van der Waals surface area contributed by atoms with Crippen LogP contribution in [0.4, 0.5) is 5.82 Å². The number of aromatic nitrogens is 3. The standard InChI is InChI=1S/C16H18N4OS2/c1-10(11-5-7-12(21-3)8-6-11)20(2)15-13-14(17-9-18-15)19-16(22-4)23-13/h5-10H,1-4H3. The van der Waals surface area contributed by atoms with Gasteiger partial charge in [0.05, 0.1) is 13.2 Å². The molecule has 2 heterocycles. The molecule has 0 radical (unpaired) electrons. The molecule has 120 valence electrons. The lowest BCUT2D eigenvalue weighted by atomic mass is 10.1. The fourth-order valence-corrected chi connectivity index (χ4v) is 3.90. The van der Waals surface area contributed by atoms with Gasteiger partial charge in [-0.3, -0.25) is 0 Å². The lowest BCUT2D eigenvalue weighted by Gasteiger charge is -2.26. The minimum Gasteiger partial charge on any atom is -0.497 e. The van der Waals surface area contributed by atoms with E-state index in [-0.39, 0.29) is 6.04 Å². The summed E-state index contributed by atoms with van der Waals surface area (Å²) in [6.45, 7) is 2.16. The highest BCUT2D eigenvalue weighted by Crippen LogP contribution is 2.35. The van der Waals surface area contributed by atoms with Gasteiger partial charge in [-0.15, -0.1) is 11.3 Å². The molecule has 0 spiro atoms. The average Bonchev–Trinajstić information content (AvgIpc) is 3.03. The maximum absolute atomic E-state index is 5.22. The Bertz CT molecular complexity index is 803. The number of rotatable bonds is 5. The van der Waals surface area contributed by atoms with E-state index in [1.54, 1.807) is 36.5 Å². The van der Waals surface area contributed by atoms with E-state index in [2.05, 4.69) is 46.0 Å². The second kappa shape index (κ2) is 6.72. The Hall–Kier alpha value is -1.86. The zero-order valence-electron chi connectivity index (χ0n) is 13.5. The number of hydrogen-bond donors (Lipinski definition) is 0. The Morgan fingerprint density at radius 2 is 1.96 bits per heavy atom. The van der Waals surface area contributed by atoms with Gasteiger partial charge in [0.2, 0.25) is 0 Å². The predicted molar refractivity (Wildman–Crippen MR) is 96.8 cm³/mol. The fraction of sp³-hybridized carbons (Fsp3) is 0.312. The molecule has 1 atom stereocenters. The predicted octanol–water partition coefficient (Wildman–Crippen LogP) is 4.01. The molecule has 3 aromatic rings. The number of thioether (sulfide) groups is 1. The summed E-state index contributed by atoms with van der Waals surface area (Å²) in [5, 5.41) is 0. The van der Waals surface area contributed by atoms with Crippen LogP contribution in [0.1, 0.15) is 18.5 Å². The van der Waals surface area contributed by atoms with Crippen LogP contribution in [-0.2, 0) is 0 Å². The summed E-state index contributed by atoms with van der Waals surface area (Å²) in [5.74, 6) is 1.77. The van der Waals surface area contributed by atoms with Crippen LogP contribution in [0.5, 0.6) is 5.75 Å². The van der Waals surface area contributed by atoms with Crippen molar-refractivity contribution in [2.75, 3.05) is 25.3 Å². The monoisotopic (exact) mass is 346 g/mol. The number of ether oxygens (including phenoxy) is 1. The van der Waals surface area contributed by atoms with Crippen LogP contribution in [-0.4, -0.2) is 35.4 Å². The Morgan fingerprint density at radius 3 is 2.61 bits per heavy atom. The zero-order valence-corrected chi connectivity index (χ0v) is 15.1. The normalized spacial score (nSPS) is 12.3. The van der Waals surface area contributed by atoms with Crippen molar-refractivity contribution < 1.29 is 4.74 Å². The molecule has 1 unspecified atom stereocenters. The minimum atomic E-state index is 0.179. The second-order valence-corrected chi connectivity index (χ2v) is 7.15. The maximum Gasteiger partial charge on any atom is 0.176 e. The van der Waals surface area contributed by atoms with Crippen molar-refractivity contribution in [3.63, 3.8) is 0 Å². The smallest absolute Gasteiger partial charge is 0.176 e. The Kier molecular flexibility index (Phi) is 4.68. The van der Waals surface area contributed by atoms with Gasteiger partial charge in [-0.05, 0) is 30.9 Å². The Labute approximate surface area is 143 Å². The van der Waals surface area contributed by atoms with Gasteiger partial charge in [0.25, 0.3) is 0 Å². The van der Waals surface area contributed by atoms with Crippen molar-refractivity contribution in [3.8, 4) is 5.75 Å². The highest BCUT2D eigenvalue weighted by molar-refractivity contribution is 8.00. The molecule has 23 heavy (non-hydrogen) atoms. The van der Waals surface area contributed by atoms with Crippen molar-refractivity contribution in [1.29, 1.82) is 0 Å². The van der Waals surface area contributed by atoms with Crippen molar-refractivity contribution in [2.45, 2.75) is 17.3 Å². The molecular weight excluding hydrogens is 328 g/mol. The number of fused-ring (bicyclic) bond motifs is 1. The number of hydrogen-bond acceptors (Lipinski definition) is 7. The third-order valence-corrected chi connectivity index (χ3v) is 5.87. The van der Waals surface area contributed by atoms with Crippen LogP contribution in [0.2, 0.25) is 0 Å². The molecule has 0 bridgehead atoms. The topological polar surface area (TPSA) is 51.1 Å². The number of nitrogens with zero attached hydrogens (tertiary/aromatic N) is 4. The highest BCUT2D eigenvalue weighted by Gasteiger charge is 2.18. The highest BCUT2D eigenvalue weighted by atomic mass is 32.2. The molecule has 0 aliphatic rings. The zero-order chi connectivity index (χ0) is 16.4. The lowest BCUT2D eigenvalue weighted by Crippen LogP contribution is -2.22. The molecule has 0 fully saturated rings. The maximum atomic E-state index is 5.22. The van der Waals surface area contributed by atoms with Crippen LogP contribution in [0.25, 0.3) is 10.3 Å². The van der Waals surface area contributed by atoms with E-state index in [1.807, 2.05) is 18.4 Å². The van der Waals surface area contributed by atoms with Gasteiger partial charge in [-0.25, -0.2) is 15.0 Å².